The Morgan fingerprint density at radius 2 is 1.79 bits per heavy atom. The van der Waals surface area contributed by atoms with Gasteiger partial charge in [0.05, 0.1) is 12.1 Å². The number of imide groups is 1. The van der Waals surface area contributed by atoms with Crippen LogP contribution in [0.25, 0.3) is 11.6 Å². The van der Waals surface area contributed by atoms with Gasteiger partial charge in [-0.2, -0.15) is 0 Å². The molecule has 0 saturated carbocycles. The van der Waals surface area contributed by atoms with Gasteiger partial charge in [0.1, 0.15) is 5.70 Å². The van der Waals surface area contributed by atoms with Crippen molar-refractivity contribution in [3.8, 4) is 0 Å². The van der Waals surface area contributed by atoms with Crippen LogP contribution in [0.4, 0.5) is 10.5 Å². The van der Waals surface area contributed by atoms with Gasteiger partial charge in [0.15, 0.2) is 0 Å². The van der Waals surface area contributed by atoms with E-state index in [1.807, 2.05) is 36.4 Å². The molecule has 29 heavy (non-hydrogen) atoms. The zero-order valence-corrected chi connectivity index (χ0v) is 17.2. The maximum atomic E-state index is 12.8. The number of anilines is 1. The van der Waals surface area contributed by atoms with E-state index in [0.29, 0.717) is 5.70 Å². The SMILES string of the molecule is CC1=CC(C)(C)N(C)c2ccc(/C=C3\NC(=O)N(Cc4ccccc4)C3=O)cc21. The zero-order chi connectivity index (χ0) is 20.8. The molecular formula is C24H25N3O2. The molecule has 1 N–H and O–H groups in total. The first-order valence-electron chi connectivity index (χ1n) is 9.72. The molecule has 5 nitrogen and oxygen atoms in total. The lowest BCUT2D eigenvalue weighted by atomic mass is 9.88. The van der Waals surface area contributed by atoms with Gasteiger partial charge in [0.25, 0.3) is 5.91 Å². The Bertz CT molecular complexity index is 1050. The third-order valence-electron chi connectivity index (χ3n) is 5.70. The van der Waals surface area contributed by atoms with Crippen LogP contribution in [-0.4, -0.2) is 29.4 Å². The number of carbonyl (C=O) groups is 2. The summed E-state index contributed by atoms with van der Waals surface area (Å²) in [5.74, 6) is -0.304. The predicted octanol–water partition coefficient (Wildman–Crippen LogP) is 4.41. The van der Waals surface area contributed by atoms with Crippen molar-refractivity contribution in [1.29, 1.82) is 0 Å². The van der Waals surface area contributed by atoms with Crippen LogP contribution in [-0.2, 0) is 11.3 Å². The first-order chi connectivity index (χ1) is 13.8. The van der Waals surface area contributed by atoms with Crippen LogP contribution in [0.3, 0.4) is 0 Å². The lowest BCUT2D eigenvalue weighted by Crippen LogP contribution is -2.42. The molecule has 1 fully saturated rings. The first-order valence-corrected chi connectivity index (χ1v) is 9.72. The first kappa shape index (κ1) is 19.0. The number of fused-ring (bicyclic) bond motifs is 1. The smallest absolute Gasteiger partial charge is 0.329 e. The summed E-state index contributed by atoms with van der Waals surface area (Å²) in [5, 5.41) is 2.71. The van der Waals surface area contributed by atoms with Crippen molar-refractivity contribution in [2.75, 3.05) is 11.9 Å². The second-order valence-electron chi connectivity index (χ2n) is 8.18. The van der Waals surface area contributed by atoms with E-state index in [1.165, 1.54) is 10.5 Å². The molecule has 2 aliphatic rings. The summed E-state index contributed by atoms with van der Waals surface area (Å²) in [5.41, 5.74) is 5.55. The van der Waals surface area contributed by atoms with E-state index < -0.39 is 0 Å². The Balaban J connectivity index is 1.62. The molecule has 0 radical (unpaired) electrons. The quantitative estimate of drug-likeness (QED) is 0.627. The molecule has 0 aromatic heterocycles. The Morgan fingerprint density at radius 1 is 1.07 bits per heavy atom. The van der Waals surface area contributed by atoms with Crippen molar-refractivity contribution < 1.29 is 9.59 Å². The summed E-state index contributed by atoms with van der Waals surface area (Å²) in [7, 11) is 2.09. The average molecular weight is 387 g/mol. The Hall–Kier alpha value is -3.34. The van der Waals surface area contributed by atoms with Gasteiger partial charge in [0, 0.05) is 18.3 Å². The van der Waals surface area contributed by atoms with Gasteiger partial charge in [0.2, 0.25) is 0 Å². The minimum atomic E-state index is -0.388. The van der Waals surface area contributed by atoms with E-state index in [9.17, 15) is 9.59 Å². The van der Waals surface area contributed by atoms with Gasteiger partial charge in [-0.1, -0.05) is 42.5 Å². The summed E-state index contributed by atoms with van der Waals surface area (Å²) < 4.78 is 0. The highest BCUT2D eigenvalue weighted by molar-refractivity contribution is 6.14. The molecule has 2 heterocycles. The normalized spacial score (nSPS) is 19.3. The summed E-state index contributed by atoms with van der Waals surface area (Å²) in [6.45, 7) is 6.73. The highest BCUT2D eigenvalue weighted by Crippen LogP contribution is 2.38. The van der Waals surface area contributed by atoms with Crippen molar-refractivity contribution in [2.24, 2.45) is 0 Å². The molecule has 5 heteroatoms. The number of likely N-dealkylation sites (N-methyl/N-ethyl adjacent to an activating group) is 1. The average Bonchev–Trinajstić information content (AvgIpc) is 2.94. The predicted molar refractivity (Wildman–Crippen MR) is 116 cm³/mol. The van der Waals surface area contributed by atoms with Crippen LogP contribution in [0.1, 0.15) is 37.5 Å². The molecular weight excluding hydrogens is 362 g/mol. The van der Waals surface area contributed by atoms with Crippen LogP contribution in [0.15, 0.2) is 60.3 Å². The van der Waals surface area contributed by atoms with E-state index in [0.717, 1.165) is 22.4 Å². The van der Waals surface area contributed by atoms with E-state index in [-0.39, 0.29) is 24.0 Å². The summed E-state index contributed by atoms with van der Waals surface area (Å²) in [6, 6.07) is 15.2. The van der Waals surface area contributed by atoms with Gasteiger partial charge in [-0.25, -0.2) is 4.79 Å². The highest BCUT2D eigenvalue weighted by atomic mass is 16.2. The van der Waals surface area contributed by atoms with Crippen molar-refractivity contribution in [3.05, 3.63) is 77.0 Å². The van der Waals surface area contributed by atoms with Crippen molar-refractivity contribution in [2.45, 2.75) is 32.9 Å². The summed E-state index contributed by atoms with van der Waals surface area (Å²) >= 11 is 0. The standard InChI is InChI=1S/C24H25N3O2/c1-16-14-24(2,3)26(4)21-11-10-18(12-19(16)21)13-20-22(28)27(23(29)25-20)15-17-8-6-5-7-9-17/h5-14H,15H2,1-4H3,(H,25,29)/b20-13-. The number of hydrogen-bond acceptors (Lipinski definition) is 3. The van der Waals surface area contributed by atoms with Crippen molar-refractivity contribution >= 4 is 29.3 Å². The van der Waals surface area contributed by atoms with Gasteiger partial charge >= 0.3 is 6.03 Å². The second kappa shape index (κ2) is 6.92. The van der Waals surface area contributed by atoms with Crippen LogP contribution in [0, 0.1) is 0 Å². The van der Waals surface area contributed by atoms with Gasteiger partial charge in [-0.15, -0.1) is 0 Å². The third-order valence-corrected chi connectivity index (χ3v) is 5.70. The molecule has 2 aliphatic heterocycles. The lowest BCUT2D eigenvalue weighted by molar-refractivity contribution is -0.123. The lowest BCUT2D eigenvalue weighted by Gasteiger charge is -2.40. The Labute approximate surface area is 171 Å². The fourth-order valence-electron chi connectivity index (χ4n) is 3.91. The van der Waals surface area contributed by atoms with Crippen LogP contribution < -0.4 is 10.2 Å². The number of carbonyl (C=O) groups excluding carboxylic acids is 2. The number of benzene rings is 2. The number of amides is 3. The molecule has 0 unspecified atom stereocenters. The van der Waals surface area contributed by atoms with Gasteiger partial charge < -0.3 is 10.2 Å². The monoisotopic (exact) mass is 387 g/mol. The summed E-state index contributed by atoms with van der Waals surface area (Å²) in [6.07, 6.45) is 3.99. The topological polar surface area (TPSA) is 52.7 Å². The zero-order valence-electron chi connectivity index (χ0n) is 17.2. The number of nitrogens with one attached hydrogen (secondary N) is 1. The molecule has 2 aromatic rings. The Kier molecular flexibility index (Phi) is 4.53. The van der Waals surface area contributed by atoms with E-state index in [1.54, 1.807) is 6.08 Å². The number of allylic oxidation sites excluding steroid dienone is 1. The highest BCUT2D eigenvalue weighted by Gasteiger charge is 2.34. The molecule has 1 saturated heterocycles. The molecule has 0 aliphatic carbocycles. The molecule has 148 valence electrons. The number of rotatable bonds is 3. The number of urea groups is 1. The largest absolute Gasteiger partial charge is 0.366 e. The molecule has 0 atom stereocenters. The van der Waals surface area contributed by atoms with Gasteiger partial charge in [-0.3, -0.25) is 9.69 Å². The minimum absolute atomic E-state index is 0.0512. The molecule has 0 bridgehead atoms. The summed E-state index contributed by atoms with van der Waals surface area (Å²) in [4.78, 5) is 28.6. The number of nitrogens with zero attached hydrogens (tertiary/aromatic N) is 2. The van der Waals surface area contributed by atoms with Crippen molar-refractivity contribution in [1.82, 2.24) is 10.2 Å². The van der Waals surface area contributed by atoms with E-state index >= 15 is 0 Å². The fourth-order valence-corrected chi connectivity index (χ4v) is 3.91. The minimum Gasteiger partial charge on any atom is -0.366 e. The molecule has 0 spiro atoms. The van der Waals surface area contributed by atoms with E-state index in [4.69, 9.17) is 0 Å². The Morgan fingerprint density at radius 3 is 2.52 bits per heavy atom. The maximum Gasteiger partial charge on any atom is 0.329 e. The fraction of sp³-hybridized carbons (Fsp3) is 0.250. The molecule has 2 aromatic carbocycles. The van der Waals surface area contributed by atoms with Crippen LogP contribution >= 0.6 is 0 Å². The van der Waals surface area contributed by atoms with Gasteiger partial charge in [-0.05, 0) is 55.7 Å². The third kappa shape index (κ3) is 3.44. The van der Waals surface area contributed by atoms with Crippen LogP contribution in [0.2, 0.25) is 0 Å². The number of hydrogen-bond donors (Lipinski definition) is 1. The van der Waals surface area contributed by atoms with E-state index in [2.05, 4.69) is 56.2 Å². The maximum absolute atomic E-state index is 12.8. The molecule has 4 rings (SSSR count). The second-order valence-corrected chi connectivity index (χ2v) is 8.18. The molecule has 3 amide bonds. The van der Waals surface area contributed by atoms with Crippen molar-refractivity contribution in [3.63, 3.8) is 0 Å². The van der Waals surface area contributed by atoms with Crippen LogP contribution in [0.5, 0.6) is 0 Å².